The van der Waals surface area contributed by atoms with Crippen molar-refractivity contribution in [1.29, 1.82) is 0 Å². The van der Waals surface area contributed by atoms with Gasteiger partial charge in [-0.25, -0.2) is 4.39 Å². The van der Waals surface area contributed by atoms with Crippen LogP contribution in [0.4, 0.5) is 4.39 Å². The maximum Gasteiger partial charge on any atom is 0.260 e. The van der Waals surface area contributed by atoms with E-state index in [0.29, 0.717) is 36.5 Å². The summed E-state index contributed by atoms with van der Waals surface area (Å²) in [7, 11) is 1.69. The van der Waals surface area contributed by atoms with Crippen LogP contribution in [0, 0.1) is 12.7 Å². The SMILES string of the molecule is COCCN1CCN(C(=O)COc2ccc3c(C)cc(=O)n(Cc4ccccc4F)c3c2)CC1. The van der Waals surface area contributed by atoms with Crippen molar-refractivity contribution in [3.63, 3.8) is 0 Å². The fourth-order valence-electron chi connectivity index (χ4n) is 4.26. The first-order valence-corrected chi connectivity index (χ1v) is 11.5. The van der Waals surface area contributed by atoms with Crippen LogP contribution in [0.1, 0.15) is 11.1 Å². The van der Waals surface area contributed by atoms with Crippen molar-refractivity contribution < 1.29 is 18.7 Å². The van der Waals surface area contributed by atoms with E-state index < -0.39 is 0 Å². The maximum atomic E-state index is 14.2. The summed E-state index contributed by atoms with van der Waals surface area (Å²) in [5.74, 6) is 0.0646. The van der Waals surface area contributed by atoms with Crippen LogP contribution < -0.4 is 10.3 Å². The molecule has 0 saturated carbocycles. The molecule has 180 valence electrons. The zero-order valence-electron chi connectivity index (χ0n) is 19.6. The number of hydrogen-bond acceptors (Lipinski definition) is 5. The predicted molar refractivity (Wildman–Crippen MR) is 129 cm³/mol. The Kier molecular flexibility index (Phi) is 7.59. The van der Waals surface area contributed by atoms with E-state index >= 15 is 0 Å². The van der Waals surface area contributed by atoms with Gasteiger partial charge in [0.2, 0.25) is 0 Å². The molecule has 0 bridgehead atoms. The Hall–Kier alpha value is -3.23. The van der Waals surface area contributed by atoms with E-state index in [4.69, 9.17) is 9.47 Å². The number of piperazine rings is 1. The molecule has 0 aliphatic carbocycles. The topological polar surface area (TPSA) is 64.0 Å². The fraction of sp³-hybridized carbons (Fsp3) is 0.385. The van der Waals surface area contributed by atoms with E-state index in [1.807, 2.05) is 17.9 Å². The number of aryl methyl sites for hydroxylation is 1. The lowest BCUT2D eigenvalue weighted by atomic mass is 10.1. The van der Waals surface area contributed by atoms with Crippen molar-refractivity contribution in [2.75, 3.05) is 53.0 Å². The number of aromatic nitrogens is 1. The summed E-state index contributed by atoms with van der Waals surface area (Å²) >= 11 is 0. The molecule has 4 rings (SSSR count). The van der Waals surface area contributed by atoms with Crippen LogP contribution >= 0.6 is 0 Å². The lowest BCUT2D eigenvalue weighted by molar-refractivity contribution is -0.135. The van der Waals surface area contributed by atoms with Gasteiger partial charge in [0.05, 0.1) is 18.7 Å². The number of rotatable bonds is 8. The summed E-state index contributed by atoms with van der Waals surface area (Å²) in [6.07, 6.45) is 0. The Morgan fingerprint density at radius 3 is 2.56 bits per heavy atom. The monoisotopic (exact) mass is 467 g/mol. The molecule has 1 aromatic heterocycles. The van der Waals surface area contributed by atoms with Crippen LogP contribution in [0.25, 0.3) is 10.9 Å². The molecule has 3 aromatic rings. The summed E-state index contributed by atoms with van der Waals surface area (Å²) in [5.41, 5.74) is 1.69. The third-order valence-corrected chi connectivity index (χ3v) is 6.28. The van der Waals surface area contributed by atoms with Gasteiger partial charge in [-0.3, -0.25) is 14.5 Å². The first-order valence-electron chi connectivity index (χ1n) is 11.5. The van der Waals surface area contributed by atoms with Gasteiger partial charge >= 0.3 is 0 Å². The molecule has 0 unspecified atom stereocenters. The number of pyridine rings is 1. The molecule has 0 atom stereocenters. The van der Waals surface area contributed by atoms with Gasteiger partial charge in [-0.05, 0) is 30.7 Å². The molecule has 2 aromatic carbocycles. The molecule has 1 fully saturated rings. The number of benzene rings is 2. The Balaban J connectivity index is 1.48. The van der Waals surface area contributed by atoms with Gasteiger partial charge in [0.1, 0.15) is 11.6 Å². The average molecular weight is 468 g/mol. The van der Waals surface area contributed by atoms with Crippen molar-refractivity contribution >= 4 is 16.8 Å². The van der Waals surface area contributed by atoms with Gasteiger partial charge in [-0.15, -0.1) is 0 Å². The third-order valence-electron chi connectivity index (χ3n) is 6.28. The molecule has 0 N–H and O–H groups in total. The number of methoxy groups -OCH3 is 1. The number of fused-ring (bicyclic) bond motifs is 1. The van der Waals surface area contributed by atoms with Crippen LogP contribution in [-0.4, -0.2) is 73.3 Å². The van der Waals surface area contributed by atoms with E-state index in [1.54, 1.807) is 43.5 Å². The van der Waals surface area contributed by atoms with Crippen LogP contribution in [0.3, 0.4) is 0 Å². The Morgan fingerprint density at radius 2 is 1.82 bits per heavy atom. The first-order chi connectivity index (χ1) is 16.5. The fourth-order valence-corrected chi connectivity index (χ4v) is 4.26. The number of halogens is 1. The predicted octanol–water partition coefficient (Wildman–Crippen LogP) is 2.67. The first kappa shape index (κ1) is 23.9. The van der Waals surface area contributed by atoms with Gasteiger partial charge in [-0.2, -0.15) is 0 Å². The summed E-state index contributed by atoms with van der Waals surface area (Å²) in [6.45, 7) is 6.38. The van der Waals surface area contributed by atoms with E-state index in [-0.39, 0.29) is 30.4 Å². The highest BCUT2D eigenvalue weighted by Crippen LogP contribution is 2.23. The minimum atomic E-state index is -0.358. The molecule has 2 heterocycles. The standard InChI is InChI=1S/C26H30FN3O4/c1-19-15-25(31)30(17-20-5-3-4-6-23(20)27)24-16-21(7-8-22(19)24)34-18-26(32)29-11-9-28(10-12-29)13-14-33-2/h3-8,15-16H,9-14,17-18H2,1-2H3. The minimum absolute atomic E-state index is 0.0699. The molecule has 0 spiro atoms. The van der Waals surface area contributed by atoms with Crippen molar-refractivity contribution in [3.8, 4) is 5.75 Å². The van der Waals surface area contributed by atoms with Gasteiger partial charge in [0.25, 0.3) is 11.5 Å². The number of nitrogens with zero attached hydrogens (tertiary/aromatic N) is 3. The molecular weight excluding hydrogens is 437 g/mol. The maximum absolute atomic E-state index is 14.2. The second kappa shape index (κ2) is 10.8. The third kappa shape index (κ3) is 5.46. The normalized spacial score (nSPS) is 14.5. The van der Waals surface area contributed by atoms with Crippen LogP contribution in [0.5, 0.6) is 5.75 Å². The van der Waals surface area contributed by atoms with E-state index in [0.717, 1.165) is 30.6 Å². The van der Waals surface area contributed by atoms with Crippen molar-refractivity contribution in [3.05, 3.63) is 75.8 Å². The van der Waals surface area contributed by atoms with Crippen LogP contribution in [0.2, 0.25) is 0 Å². The number of hydrogen-bond donors (Lipinski definition) is 0. The summed E-state index contributed by atoms with van der Waals surface area (Å²) in [5, 5.41) is 0.877. The summed E-state index contributed by atoms with van der Waals surface area (Å²) in [6, 6.07) is 13.4. The zero-order valence-corrected chi connectivity index (χ0v) is 19.6. The van der Waals surface area contributed by atoms with Gasteiger partial charge < -0.3 is 18.9 Å². The minimum Gasteiger partial charge on any atom is -0.484 e. The smallest absolute Gasteiger partial charge is 0.260 e. The Labute approximate surface area is 198 Å². The van der Waals surface area contributed by atoms with Crippen molar-refractivity contribution in [2.24, 2.45) is 0 Å². The molecular formula is C26H30FN3O4. The second-order valence-corrected chi connectivity index (χ2v) is 8.53. The molecule has 1 amide bonds. The van der Waals surface area contributed by atoms with E-state index in [9.17, 15) is 14.0 Å². The highest BCUT2D eigenvalue weighted by atomic mass is 19.1. The zero-order chi connectivity index (χ0) is 24.1. The molecule has 0 radical (unpaired) electrons. The van der Waals surface area contributed by atoms with Gasteiger partial charge in [0.15, 0.2) is 6.61 Å². The highest BCUT2D eigenvalue weighted by molar-refractivity contribution is 5.84. The van der Waals surface area contributed by atoms with E-state index in [1.165, 1.54) is 10.6 Å². The molecule has 34 heavy (non-hydrogen) atoms. The number of ether oxygens (including phenoxy) is 2. The molecule has 7 nitrogen and oxygen atoms in total. The Morgan fingerprint density at radius 1 is 1.06 bits per heavy atom. The lowest BCUT2D eigenvalue weighted by Gasteiger charge is -2.34. The second-order valence-electron chi connectivity index (χ2n) is 8.53. The molecule has 8 heteroatoms. The average Bonchev–Trinajstić information content (AvgIpc) is 2.85. The quantitative estimate of drug-likeness (QED) is 0.510. The number of carbonyl (C=O) groups excluding carboxylic acids is 1. The Bertz CT molecular complexity index is 1220. The summed E-state index contributed by atoms with van der Waals surface area (Å²) < 4.78 is 26.7. The van der Waals surface area contributed by atoms with Gasteiger partial charge in [-0.1, -0.05) is 18.2 Å². The molecule has 1 aliphatic heterocycles. The molecule has 1 aliphatic rings. The van der Waals surface area contributed by atoms with Crippen molar-refractivity contribution in [1.82, 2.24) is 14.4 Å². The van der Waals surface area contributed by atoms with E-state index in [2.05, 4.69) is 4.90 Å². The largest absolute Gasteiger partial charge is 0.484 e. The highest BCUT2D eigenvalue weighted by Gasteiger charge is 2.21. The van der Waals surface area contributed by atoms with Crippen LogP contribution in [0.15, 0.2) is 53.3 Å². The number of amides is 1. The van der Waals surface area contributed by atoms with Gasteiger partial charge in [0, 0.05) is 62.9 Å². The van der Waals surface area contributed by atoms with Crippen LogP contribution in [-0.2, 0) is 16.1 Å². The van der Waals surface area contributed by atoms with Crippen molar-refractivity contribution in [2.45, 2.75) is 13.5 Å². The molecule has 1 saturated heterocycles. The number of carbonyl (C=O) groups is 1. The summed E-state index contributed by atoms with van der Waals surface area (Å²) in [4.78, 5) is 29.5. The lowest BCUT2D eigenvalue weighted by Crippen LogP contribution is -2.50.